The summed E-state index contributed by atoms with van der Waals surface area (Å²) in [6, 6.07) is 0. The maximum Gasteiger partial charge on any atom is 0.360 e. The van der Waals surface area contributed by atoms with E-state index in [1.165, 1.54) is 21.1 Å². The van der Waals surface area contributed by atoms with Crippen molar-refractivity contribution in [1.82, 2.24) is 5.06 Å². The van der Waals surface area contributed by atoms with Crippen molar-refractivity contribution in [3.05, 3.63) is 12.2 Å². The molecule has 0 aromatic rings. The Balaban J connectivity index is 4.00. The highest BCUT2D eigenvalue weighted by atomic mass is 16.7. The molecule has 0 saturated heterocycles. The summed E-state index contributed by atoms with van der Waals surface area (Å²) in [5.74, 6) is -1.03. The number of hydrogen-bond acceptors (Lipinski definition) is 4. The Kier molecular flexibility index (Phi) is 4.76. The summed E-state index contributed by atoms with van der Waals surface area (Å²) in [4.78, 5) is 26.3. The number of ether oxygens (including phenoxy) is 1. The van der Waals surface area contributed by atoms with Crippen LogP contribution >= 0.6 is 0 Å². The van der Waals surface area contributed by atoms with Crippen LogP contribution in [0, 0.1) is 0 Å². The first-order chi connectivity index (χ1) is 5.99. The van der Waals surface area contributed by atoms with E-state index in [0.29, 0.717) is 0 Å². The second-order valence-corrected chi connectivity index (χ2v) is 2.43. The summed E-state index contributed by atoms with van der Waals surface area (Å²) in [5.41, 5.74) is 0.163. The van der Waals surface area contributed by atoms with Gasteiger partial charge in [0, 0.05) is 21.1 Å². The summed E-state index contributed by atoms with van der Waals surface area (Å²) in [7, 11) is 2.79. The van der Waals surface area contributed by atoms with Crippen LogP contribution in [-0.2, 0) is 19.2 Å². The summed E-state index contributed by atoms with van der Waals surface area (Å²) in [6.45, 7) is 4.79. The molecule has 0 aromatic carbocycles. The number of carbonyl (C=O) groups excluding carboxylic acids is 2. The lowest BCUT2D eigenvalue weighted by Crippen LogP contribution is -2.28. The molecule has 13 heavy (non-hydrogen) atoms. The van der Waals surface area contributed by atoms with E-state index in [1.807, 2.05) is 0 Å². The fourth-order valence-corrected chi connectivity index (χ4v) is 0.486. The van der Waals surface area contributed by atoms with Gasteiger partial charge in [-0.15, -0.1) is 0 Å². The van der Waals surface area contributed by atoms with Crippen LogP contribution in [0.1, 0.15) is 6.92 Å². The van der Waals surface area contributed by atoms with Gasteiger partial charge in [-0.25, -0.2) is 4.79 Å². The number of rotatable bonds is 3. The van der Waals surface area contributed by atoms with Crippen LogP contribution in [0.15, 0.2) is 12.2 Å². The lowest BCUT2D eigenvalue weighted by molar-refractivity contribution is -0.188. The maximum absolute atomic E-state index is 11.1. The van der Waals surface area contributed by atoms with Crippen LogP contribution in [0.5, 0.6) is 0 Å². The van der Waals surface area contributed by atoms with Gasteiger partial charge < -0.3 is 9.57 Å². The SMILES string of the molecule is C=C(COC)C(=O)ON(C)C(C)=O. The first kappa shape index (κ1) is 11.6. The molecule has 0 radical (unpaired) electrons. The zero-order valence-corrected chi connectivity index (χ0v) is 7.99. The molecular formula is C8H13NO4. The first-order valence-corrected chi connectivity index (χ1v) is 3.62. The highest BCUT2D eigenvalue weighted by Crippen LogP contribution is 1.97. The molecule has 0 aliphatic rings. The van der Waals surface area contributed by atoms with Crippen LogP contribution in [0.3, 0.4) is 0 Å². The second-order valence-electron chi connectivity index (χ2n) is 2.43. The number of hydrogen-bond donors (Lipinski definition) is 0. The Bertz CT molecular complexity index is 224. The average molecular weight is 187 g/mol. The lowest BCUT2D eigenvalue weighted by atomic mass is 10.3. The van der Waals surface area contributed by atoms with Crippen LogP contribution in [0.4, 0.5) is 0 Å². The topological polar surface area (TPSA) is 55.8 Å². The van der Waals surface area contributed by atoms with Crippen LogP contribution in [0.25, 0.3) is 0 Å². The number of amides is 1. The normalized spacial score (nSPS) is 9.15. The van der Waals surface area contributed by atoms with Crippen molar-refractivity contribution >= 4 is 11.9 Å². The van der Waals surface area contributed by atoms with Crippen LogP contribution in [-0.4, -0.2) is 37.7 Å². The number of carbonyl (C=O) groups is 2. The van der Waals surface area contributed by atoms with Gasteiger partial charge >= 0.3 is 5.97 Å². The smallest absolute Gasteiger partial charge is 0.360 e. The van der Waals surface area contributed by atoms with Gasteiger partial charge in [-0.1, -0.05) is 6.58 Å². The molecule has 0 fully saturated rings. The van der Waals surface area contributed by atoms with Gasteiger partial charge in [0.05, 0.1) is 12.2 Å². The molecule has 0 heterocycles. The van der Waals surface area contributed by atoms with Crippen LogP contribution in [0.2, 0.25) is 0 Å². The fourth-order valence-electron chi connectivity index (χ4n) is 0.486. The van der Waals surface area contributed by atoms with Gasteiger partial charge in [-0.05, 0) is 0 Å². The molecular weight excluding hydrogens is 174 g/mol. The van der Waals surface area contributed by atoms with E-state index in [0.717, 1.165) is 5.06 Å². The van der Waals surface area contributed by atoms with Crippen molar-refractivity contribution in [2.24, 2.45) is 0 Å². The van der Waals surface area contributed by atoms with E-state index in [1.54, 1.807) is 0 Å². The molecule has 0 atom stereocenters. The molecule has 0 spiro atoms. The van der Waals surface area contributed by atoms with Gasteiger partial charge in [0.2, 0.25) is 0 Å². The zero-order valence-electron chi connectivity index (χ0n) is 7.99. The highest BCUT2D eigenvalue weighted by molar-refractivity contribution is 5.88. The maximum atomic E-state index is 11.1. The van der Waals surface area contributed by atoms with E-state index in [9.17, 15) is 9.59 Å². The molecule has 74 valence electrons. The Morgan fingerprint density at radius 2 is 2.00 bits per heavy atom. The van der Waals surface area contributed by atoms with Gasteiger partial charge in [0.1, 0.15) is 0 Å². The lowest BCUT2D eigenvalue weighted by Gasteiger charge is -2.14. The van der Waals surface area contributed by atoms with Gasteiger partial charge in [0.15, 0.2) is 0 Å². The number of hydroxylamine groups is 2. The summed E-state index contributed by atoms with van der Waals surface area (Å²) in [6.07, 6.45) is 0. The molecule has 0 unspecified atom stereocenters. The van der Waals surface area contributed by atoms with Crippen molar-refractivity contribution in [3.63, 3.8) is 0 Å². The summed E-state index contributed by atoms with van der Waals surface area (Å²) < 4.78 is 4.66. The van der Waals surface area contributed by atoms with Crippen molar-refractivity contribution in [1.29, 1.82) is 0 Å². The van der Waals surface area contributed by atoms with Gasteiger partial charge in [-0.2, -0.15) is 5.06 Å². The Hall–Kier alpha value is -1.36. The Morgan fingerprint density at radius 3 is 2.38 bits per heavy atom. The average Bonchev–Trinajstić information content (AvgIpc) is 2.04. The van der Waals surface area contributed by atoms with Crippen LogP contribution < -0.4 is 0 Å². The quantitative estimate of drug-likeness (QED) is 0.465. The van der Waals surface area contributed by atoms with E-state index in [2.05, 4.69) is 16.2 Å². The Morgan fingerprint density at radius 1 is 1.46 bits per heavy atom. The number of nitrogens with zero attached hydrogens (tertiary/aromatic N) is 1. The molecule has 0 saturated carbocycles. The van der Waals surface area contributed by atoms with E-state index in [4.69, 9.17) is 0 Å². The molecule has 0 aliphatic heterocycles. The minimum absolute atomic E-state index is 0.0879. The Labute approximate surface area is 76.9 Å². The van der Waals surface area contributed by atoms with Crippen molar-refractivity contribution in [3.8, 4) is 0 Å². The van der Waals surface area contributed by atoms with E-state index >= 15 is 0 Å². The molecule has 0 rings (SSSR count). The first-order valence-electron chi connectivity index (χ1n) is 3.62. The van der Waals surface area contributed by atoms with E-state index < -0.39 is 5.97 Å². The number of methoxy groups -OCH3 is 1. The molecule has 0 bridgehead atoms. The molecule has 0 aromatic heterocycles. The second kappa shape index (κ2) is 5.31. The fraction of sp³-hybridized carbons (Fsp3) is 0.500. The van der Waals surface area contributed by atoms with Gasteiger partial charge in [0.25, 0.3) is 5.91 Å². The summed E-state index contributed by atoms with van der Waals surface area (Å²) >= 11 is 0. The molecule has 5 heteroatoms. The van der Waals surface area contributed by atoms with Crippen molar-refractivity contribution in [2.75, 3.05) is 20.8 Å². The van der Waals surface area contributed by atoms with Crippen molar-refractivity contribution < 1.29 is 19.2 Å². The van der Waals surface area contributed by atoms with Crippen molar-refractivity contribution in [2.45, 2.75) is 6.92 Å². The van der Waals surface area contributed by atoms with Gasteiger partial charge in [-0.3, -0.25) is 4.79 Å². The molecule has 5 nitrogen and oxygen atoms in total. The zero-order chi connectivity index (χ0) is 10.4. The highest BCUT2D eigenvalue weighted by Gasteiger charge is 2.13. The predicted octanol–water partition coefficient (Wildman–Crippen LogP) is 0.125. The minimum Gasteiger partial charge on any atom is -0.380 e. The molecule has 0 aliphatic carbocycles. The van der Waals surface area contributed by atoms with E-state index in [-0.39, 0.29) is 18.1 Å². The minimum atomic E-state index is -0.667. The third-order valence-electron chi connectivity index (χ3n) is 1.27. The standard InChI is InChI=1S/C8H13NO4/c1-6(5-12-4)8(11)13-9(3)7(2)10/h1,5H2,2-4H3. The largest absolute Gasteiger partial charge is 0.380 e. The summed E-state index contributed by atoms with van der Waals surface area (Å²) in [5, 5.41) is 0.836. The molecule has 1 amide bonds. The third-order valence-corrected chi connectivity index (χ3v) is 1.27. The predicted molar refractivity (Wildman–Crippen MR) is 45.6 cm³/mol. The third kappa shape index (κ3) is 4.27. The monoisotopic (exact) mass is 187 g/mol. The molecule has 0 N–H and O–H groups in total.